The Morgan fingerprint density at radius 2 is 0.403 bits per heavy atom. The van der Waals surface area contributed by atoms with Crippen molar-refractivity contribution in [2.45, 2.75) is 6.42 Å². The lowest BCUT2D eigenvalue weighted by atomic mass is 9.97. The summed E-state index contributed by atoms with van der Waals surface area (Å²) in [7, 11) is 0. The highest BCUT2D eigenvalue weighted by atomic mass is 16.3. The van der Waals surface area contributed by atoms with Gasteiger partial charge < -0.3 is 14.3 Å². The number of H-pyrrole nitrogens is 1. The van der Waals surface area contributed by atoms with Crippen molar-refractivity contribution in [2.75, 3.05) is 4.90 Å². The number of fused-ring (bicyclic) bond motifs is 21. The van der Waals surface area contributed by atoms with Gasteiger partial charge in [0.05, 0.1) is 0 Å². The number of hydrogen-bond donors (Lipinski definition) is 1. The molecule has 0 saturated heterocycles. The third-order valence-electron chi connectivity index (χ3n) is 25.4. The highest BCUT2D eigenvalue weighted by Gasteiger charge is 2.17. The molecule has 25 aromatic carbocycles. The lowest BCUT2D eigenvalue weighted by Gasteiger charge is -2.25. The van der Waals surface area contributed by atoms with Gasteiger partial charge in [-0.15, -0.1) is 10.2 Å². The minimum absolute atomic E-state index is 1.10. The van der Waals surface area contributed by atoms with Crippen LogP contribution in [0.3, 0.4) is 0 Å². The lowest BCUT2D eigenvalue weighted by molar-refractivity contribution is 0.553. The first-order chi connectivity index (χ1) is 71.4. The van der Waals surface area contributed by atoms with Gasteiger partial charge in [-0.05, 0) is 302 Å². The first-order valence-corrected chi connectivity index (χ1v) is 48.3. The van der Waals surface area contributed by atoms with E-state index in [2.05, 4.69) is 554 Å². The van der Waals surface area contributed by atoms with E-state index < -0.39 is 0 Å². The standard InChI is InChI=1S/C22H14.C18H15N.2C18H12.C14H10.C13H10.C12H9N.C10H8.C5H5N.C3H3N3.C2H2N2O/c1-2-6-16-10-20-14-22-12-18-8-4-3-7-17(18)11-21(22)13-19(20)9-15(16)5-1;1-4-10-16(11-5-1)19(17-12-6-2-7-13-17)18-14-8-3-9-15-18;1-3-7-15-13(5-1)9-11-18-16-8-4-2-6-14(16)10-12-17(15)18;1-2-6-14-10-18-12-16-8-4-3-7-15(16)11-17(18)9-13(14)5-1;1-2-6-12-10-14-8-4-3-7-13(14)9-11(12)5-1;1-3-7-12-10(5-1)9-11-6-2-4-8-13(11)12;1-3-7-11-9(5-1)10-6-2-4-8-12(10)13-11;1-2-6-10-8-4-3-7-9(10)5-1;1-2-4-6-5-3-1;1-4-2-6-3-5-1;1-3-4-2-5-1/h1-14H;1-15H;2*1-12H;1-10H;1-8H,9H2;1-8,13H;1-8H;1-5H;1-3H;1-2H. The fourth-order valence-corrected chi connectivity index (χ4v) is 18.5. The van der Waals surface area contributed by atoms with Crippen molar-refractivity contribution in [2.24, 2.45) is 0 Å². The minimum Gasteiger partial charge on any atom is -0.431 e. The van der Waals surface area contributed by atoms with Crippen molar-refractivity contribution in [1.82, 2.24) is 35.1 Å². The summed E-state index contributed by atoms with van der Waals surface area (Å²) in [5.74, 6) is 0. The summed E-state index contributed by atoms with van der Waals surface area (Å²) in [6.45, 7) is 0. The maximum atomic E-state index is 4.36. The average Bonchev–Trinajstić information content (AvgIpc) is 1.10. The number of para-hydroxylation sites is 5. The molecule has 0 amide bonds. The topological polar surface area (TPSA) is 110 Å². The van der Waals surface area contributed by atoms with Crippen molar-refractivity contribution >= 4 is 179 Å². The highest BCUT2D eigenvalue weighted by Crippen LogP contribution is 2.39. The zero-order valence-corrected chi connectivity index (χ0v) is 79.2. The van der Waals surface area contributed by atoms with Crippen molar-refractivity contribution in [1.29, 1.82) is 0 Å². The largest absolute Gasteiger partial charge is 0.431 e. The van der Waals surface area contributed by atoms with Crippen molar-refractivity contribution in [3.8, 4) is 11.1 Å². The van der Waals surface area contributed by atoms with Crippen LogP contribution in [0.4, 0.5) is 17.1 Å². The maximum Gasteiger partial charge on any atom is 0.203 e. The fourth-order valence-electron chi connectivity index (χ4n) is 18.5. The predicted octanol–water partition coefficient (Wildman–Crippen LogP) is 36.2. The van der Waals surface area contributed by atoms with Crippen LogP contribution in [0.5, 0.6) is 0 Å². The van der Waals surface area contributed by atoms with E-state index in [9.17, 15) is 0 Å². The average molecular weight is 1850 g/mol. The van der Waals surface area contributed by atoms with E-state index in [4.69, 9.17) is 0 Å². The molecule has 4 heterocycles. The molecule has 9 nitrogen and oxygen atoms in total. The van der Waals surface area contributed by atoms with E-state index in [1.165, 1.54) is 233 Å². The molecule has 0 radical (unpaired) electrons. The predicted molar refractivity (Wildman–Crippen MR) is 610 cm³/mol. The van der Waals surface area contributed by atoms with Crippen LogP contribution < -0.4 is 4.90 Å². The van der Waals surface area contributed by atoms with Crippen molar-refractivity contribution in [3.05, 3.63) is 601 Å². The van der Waals surface area contributed by atoms with Crippen LogP contribution in [0.15, 0.2) is 595 Å². The highest BCUT2D eigenvalue weighted by molar-refractivity contribution is 6.18. The van der Waals surface area contributed by atoms with Crippen LogP contribution in [0, 0.1) is 0 Å². The molecule has 686 valence electrons. The molecule has 9 heteroatoms. The summed E-state index contributed by atoms with van der Waals surface area (Å²) >= 11 is 0. The second kappa shape index (κ2) is 46.3. The Hall–Kier alpha value is -19.2. The molecule has 0 saturated carbocycles. The number of aromatic nitrogens is 7. The molecule has 0 fully saturated rings. The quantitative estimate of drug-likeness (QED) is 0.138. The Kier molecular flexibility index (Phi) is 29.7. The zero-order chi connectivity index (χ0) is 96.9. The Bertz CT molecular complexity index is 8400. The van der Waals surface area contributed by atoms with Gasteiger partial charge in [0, 0.05) is 51.3 Å². The van der Waals surface area contributed by atoms with Crippen molar-refractivity contribution in [3.63, 3.8) is 0 Å². The molecule has 30 rings (SSSR count). The number of benzene rings is 25. The van der Waals surface area contributed by atoms with Gasteiger partial charge in [-0.25, -0.2) is 15.0 Å². The molecule has 144 heavy (non-hydrogen) atoms. The molecule has 0 spiro atoms. The van der Waals surface area contributed by atoms with Crippen LogP contribution >= 0.6 is 0 Å². The zero-order valence-electron chi connectivity index (χ0n) is 79.2. The molecule has 0 aliphatic heterocycles. The molecule has 1 N–H and O–H groups in total. The van der Waals surface area contributed by atoms with E-state index >= 15 is 0 Å². The number of pyridine rings is 1. The molecular weight excluding hydrogens is 1750 g/mol. The summed E-state index contributed by atoms with van der Waals surface area (Å²) < 4.78 is 4.36. The van der Waals surface area contributed by atoms with Crippen LogP contribution in [-0.4, -0.2) is 35.1 Å². The molecule has 0 unspecified atom stereocenters. The molecule has 29 aromatic rings. The third-order valence-corrected chi connectivity index (χ3v) is 25.4. The summed E-state index contributed by atoms with van der Waals surface area (Å²) in [6.07, 6.45) is 11.4. The SMILES string of the molecule is c1ccc(N(c2ccccc2)c2ccccc2)cc1.c1ccc2c(c1)Cc1ccccc1-2.c1ccc2c(c1)[nH]c1ccccc12.c1ccc2c(c1)ccc1c3ccccc3ccc21.c1ccc2cc3cc4cc5ccccc5cc4cc3cc2c1.c1ccc2cc3cc4ccccc4cc3cc2c1.c1ccc2cc3ccccc3cc2c1.c1ccc2ccccc2c1.c1ccncc1.c1ncncn1.c1nnco1. The van der Waals surface area contributed by atoms with Gasteiger partial charge >= 0.3 is 0 Å². The van der Waals surface area contributed by atoms with Gasteiger partial charge in [-0.1, -0.05) is 413 Å². The van der Waals surface area contributed by atoms with E-state index in [0.29, 0.717) is 0 Å². The molecule has 1 aliphatic carbocycles. The molecule has 4 aromatic heterocycles. The smallest absolute Gasteiger partial charge is 0.203 e. The Balaban J connectivity index is 0.0000000987. The normalized spacial score (nSPS) is 10.8. The van der Waals surface area contributed by atoms with E-state index in [1.807, 2.05) is 36.4 Å². The van der Waals surface area contributed by atoms with Gasteiger partial charge in [0.2, 0.25) is 12.8 Å². The number of rotatable bonds is 3. The van der Waals surface area contributed by atoms with E-state index in [1.54, 1.807) is 12.4 Å². The summed E-state index contributed by atoms with van der Waals surface area (Å²) in [5.41, 5.74) is 11.7. The summed E-state index contributed by atoms with van der Waals surface area (Å²) in [6, 6.07) is 192. The van der Waals surface area contributed by atoms with Gasteiger partial charge in [-0.3, -0.25) is 4.98 Å². The van der Waals surface area contributed by atoms with Crippen LogP contribution in [0.25, 0.3) is 173 Å². The van der Waals surface area contributed by atoms with Crippen molar-refractivity contribution < 1.29 is 4.42 Å². The van der Waals surface area contributed by atoms with E-state index in [0.717, 1.165) is 6.42 Å². The summed E-state index contributed by atoms with van der Waals surface area (Å²) in [5, 5.41) is 43.3. The van der Waals surface area contributed by atoms with Gasteiger partial charge in [0.25, 0.3) is 0 Å². The van der Waals surface area contributed by atoms with Crippen LogP contribution in [0.2, 0.25) is 0 Å². The van der Waals surface area contributed by atoms with Gasteiger partial charge in [0.15, 0.2) is 0 Å². The summed E-state index contributed by atoms with van der Waals surface area (Å²) in [4.78, 5) is 20.1. The molecule has 0 atom stereocenters. The number of nitrogens with zero attached hydrogens (tertiary/aromatic N) is 7. The Morgan fingerprint density at radius 1 is 0.174 bits per heavy atom. The minimum atomic E-state index is 1.10. The van der Waals surface area contributed by atoms with Crippen LogP contribution in [0.1, 0.15) is 11.1 Å². The van der Waals surface area contributed by atoms with Gasteiger partial charge in [0.1, 0.15) is 19.0 Å². The second-order valence-electron chi connectivity index (χ2n) is 34.7. The second-order valence-corrected chi connectivity index (χ2v) is 34.7. The molecule has 1 aliphatic rings. The Labute approximate surface area is 836 Å². The first-order valence-electron chi connectivity index (χ1n) is 48.3. The fraction of sp³-hybridized carbons (Fsp3) is 0.00741. The number of aromatic amines is 1. The monoisotopic (exact) mass is 1850 g/mol. The van der Waals surface area contributed by atoms with Gasteiger partial charge in [-0.2, -0.15) is 0 Å². The van der Waals surface area contributed by atoms with E-state index in [-0.39, 0.29) is 0 Å². The third kappa shape index (κ3) is 22.9. The Morgan fingerprint density at radius 3 is 0.667 bits per heavy atom. The van der Waals surface area contributed by atoms with Crippen LogP contribution in [-0.2, 0) is 6.42 Å². The number of anilines is 3. The molecule has 0 bridgehead atoms. The first kappa shape index (κ1) is 92.5. The lowest BCUT2D eigenvalue weighted by Crippen LogP contribution is -2.09. The maximum absolute atomic E-state index is 4.36. The molecular formula is C135H100N8O. The number of nitrogens with one attached hydrogen (secondary N) is 1. The number of hydrogen-bond acceptors (Lipinski definition) is 8.